The van der Waals surface area contributed by atoms with Gasteiger partial charge in [-0.25, -0.2) is 9.78 Å². The van der Waals surface area contributed by atoms with Gasteiger partial charge in [0.25, 0.3) is 11.8 Å². The zero-order chi connectivity index (χ0) is 21.3. The highest BCUT2D eigenvalue weighted by Gasteiger charge is 2.24. The molecule has 2 N–H and O–H groups in total. The minimum atomic E-state index is -0.941. The van der Waals surface area contributed by atoms with Crippen molar-refractivity contribution >= 4 is 46.5 Å². The molecule has 154 valence electrons. The average molecular weight is 444 g/mol. The summed E-state index contributed by atoms with van der Waals surface area (Å²) in [5.74, 6) is -1.35. The second-order valence-electron chi connectivity index (χ2n) is 6.21. The number of carbonyl (C=O) groups is 3. The average Bonchev–Trinajstić information content (AvgIpc) is 3.29. The molecule has 2 aromatic heterocycles. The quantitative estimate of drug-likeness (QED) is 0.520. The summed E-state index contributed by atoms with van der Waals surface area (Å²) < 4.78 is 5.14. The van der Waals surface area contributed by atoms with E-state index in [4.69, 9.17) is 16.3 Å². The van der Waals surface area contributed by atoms with E-state index in [0.29, 0.717) is 9.90 Å². The summed E-state index contributed by atoms with van der Waals surface area (Å²) in [4.78, 5) is 41.5. The van der Waals surface area contributed by atoms with Gasteiger partial charge >= 0.3 is 5.97 Å². The lowest BCUT2D eigenvalue weighted by Crippen LogP contribution is -2.43. The molecule has 2 amide bonds. The van der Waals surface area contributed by atoms with Crippen molar-refractivity contribution in [1.82, 2.24) is 10.3 Å². The highest BCUT2D eigenvalue weighted by molar-refractivity contribution is 7.12. The van der Waals surface area contributed by atoms with Gasteiger partial charge in [-0.3, -0.25) is 9.59 Å². The summed E-state index contributed by atoms with van der Waals surface area (Å²) in [7, 11) is 0. The van der Waals surface area contributed by atoms with Crippen molar-refractivity contribution < 1.29 is 19.1 Å². The number of halogens is 1. The van der Waals surface area contributed by atoms with Gasteiger partial charge in [-0.1, -0.05) is 48.0 Å². The van der Waals surface area contributed by atoms with E-state index in [2.05, 4.69) is 15.6 Å². The third-order valence-electron chi connectivity index (χ3n) is 3.96. The molecule has 0 aliphatic rings. The molecule has 3 aromatic rings. The first-order chi connectivity index (χ1) is 14.5. The van der Waals surface area contributed by atoms with Crippen LogP contribution < -0.4 is 10.6 Å². The second-order valence-corrected chi connectivity index (χ2v) is 7.59. The molecule has 2 heterocycles. The number of thiophene rings is 1. The zero-order valence-electron chi connectivity index (χ0n) is 15.7. The molecular formula is C21H18ClN3O4S. The molecule has 0 fully saturated rings. The number of benzene rings is 1. The lowest BCUT2D eigenvalue weighted by Gasteiger charge is -2.17. The number of ether oxygens (including phenoxy) is 1. The Morgan fingerprint density at radius 3 is 2.53 bits per heavy atom. The number of amides is 2. The van der Waals surface area contributed by atoms with Gasteiger partial charge < -0.3 is 15.4 Å². The van der Waals surface area contributed by atoms with Gasteiger partial charge in [-0.05, 0) is 29.1 Å². The van der Waals surface area contributed by atoms with Crippen LogP contribution in [-0.2, 0) is 20.7 Å². The molecule has 0 radical (unpaired) electrons. The Hall–Kier alpha value is -3.23. The molecular weight excluding hydrogens is 426 g/mol. The molecule has 0 aliphatic heterocycles. The van der Waals surface area contributed by atoms with E-state index < -0.39 is 24.5 Å². The maximum Gasteiger partial charge on any atom is 0.329 e. The van der Waals surface area contributed by atoms with E-state index in [1.165, 1.54) is 23.6 Å². The first kappa shape index (κ1) is 21.5. The molecule has 1 aromatic carbocycles. The van der Waals surface area contributed by atoms with Crippen molar-refractivity contribution in [3.8, 4) is 0 Å². The third kappa shape index (κ3) is 6.40. The lowest BCUT2D eigenvalue weighted by molar-refractivity contribution is -0.149. The van der Waals surface area contributed by atoms with Crippen molar-refractivity contribution in [2.45, 2.75) is 12.5 Å². The minimum absolute atomic E-state index is 0.233. The summed E-state index contributed by atoms with van der Waals surface area (Å²) in [5.41, 5.74) is 0.848. The Balaban J connectivity index is 1.61. The number of anilines is 1. The molecule has 0 aliphatic carbocycles. The summed E-state index contributed by atoms with van der Waals surface area (Å²) in [5, 5.41) is 7.40. The van der Waals surface area contributed by atoms with Gasteiger partial charge in [0.2, 0.25) is 0 Å². The van der Waals surface area contributed by atoms with E-state index in [9.17, 15) is 14.4 Å². The van der Waals surface area contributed by atoms with Crippen LogP contribution in [0.3, 0.4) is 0 Å². The number of aromatic nitrogens is 1. The first-order valence-corrected chi connectivity index (χ1v) is 10.2. The van der Waals surface area contributed by atoms with Crippen LogP contribution >= 0.6 is 22.9 Å². The largest absolute Gasteiger partial charge is 0.454 e. The van der Waals surface area contributed by atoms with Gasteiger partial charge in [0.05, 0.1) is 9.90 Å². The molecule has 7 nitrogen and oxygen atoms in total. The molecule has 1 atom stereocenters. The molecule has 0 spiro atoms. The SMILES string of the molecule is O=C(COC(=O)[C@H](Cc1ccccc1)NC(=O)c1cccs1)Nc1ccc(Cl)cn1. The Morgan fingerprint density at radius 1 is 1.07 bits per heavy atom. The molecule has 30 heavy (non-hydrogen) atoms. The number of nitrogens with one attached hydrogen (secondary N) is 2. The fourth-order valence-electron chi connectivity index (χ4n) is 2.55. The molecule has 0 unspecified atom stereocenters. The molecule has 0 saturated heterocycles. The molecule has 0 saturated carbocycles. The number of hydrogen-bond acceptors (Lipinski definition) is 6. The highest BCUT2D eigenvalue weighted by atomic mass is 35.5. The summed E-state index contributed by atoms with van der Waals surface area (Å²) in [6.45, 7) is -0.511. The van der Waals surface area contributed by atoms with Crippen LogP contribution in [-0.4, -0.2) is 35.4 Å². The van der Waals surface area contributed by atoms with E-state index in [-0.39, 0.29) is 18.1 Å². The number of nitrogens with zero attached hydrogens (tertiary/aromatic N) is 1. The maximum absolute atomic E-state index is 12.6. The first-order valence-electron chi connectivity index (χ1n) is 8.97. The fraction of sp³-hybridized carbons (Fsp3) is 0.143. The zero-order valence-corrected chi connectivity index (χ0v) is 17.3. The minimum Gasteiger partial charge on any atom is -0.454 e. The van der Waals surface area contributed by atoms with E-state index in [1.807, 2.05) is 30.3 Å². The summed E-state index contributed by atoms with van der Waals surface area (Å²) in [6.07, 6.45) is 1.62. The van der Waals surface area contributed by atoms with Crippen molar-refractivity contribution in [2.24, 2.45) is 0 Å². The van der Waals surface area contributed by atoms with Gasteiger partial charge in [0.1, 0.15) is 11.9 Å². The summed E-state index contributed by atoms with van der Waals surface area (Å²) >= 11 is 7.02. The Labute approximate surface area is 182 Å². The van der Waals surface area contributed by atoms with E-state index >= 15 is 0 Å². The number of hydrogen-bond donors (Lipinski definition) is 2. The van der Waals surface area contributed by atoms with Crippen molar-refractivity contribution in [3.63, 3.8) is 0 Å². The number of rotatable bonds is 8. The predicted molar refractivity (Wildman–Crippen MR) is 115 cm³/mol. The van der Waals surface area contributed by atoms with Crippen LogP contribution in [0.1, 0.15) is 15.2 Å². The van der Waals surface area contributed by atoms with Crippen LogP contribution in [0.2, 0.25) is 5.02 Å². The predicted octanol–water partition coefficient (Wildman–Crippen LogP) is 3.32. The summed E-state index contributed by atoms with van der Waals surface area (Å²) in [6, 6.07) is 14.8. The Bertz CT molecular complexity index is 995. The Kier molecular flexibility index (Phi) is 7.53. The number of pyridine rings is 1. The standard InChI is InChI=1S/C21H18ClN3O4S/c22-15-8-9-18(23-12-15)25-19(26)13-29-21(28)16(11-14-5-2-1-3-6-14)24-20(27)17-7-4-10-30-17/h1-10,12,16H,11,13H2,(H,24,27)(H,23,25,26)/t16-/m0/s1. The van der Waals surface area contributed by atoms with Crippen LogP contribution in [0.5, 0.6) is 0 Å². The fourth-order valence-corrected chi connectivity index (χ4v) is 3.28. The van der Waals surface area contributed by atoms with Crippen LogP contribution in [0.25, 0.3) is 0 Å². The normalized spacial score (nSPS) is 11.4. The van der Waals surface area contributed by atoms with E-state index in [0.717, 1.165) is 5.56 Å². The van der Waals surface area contributed by atoms with Gasteiger partial charge in [-0.15, -0.1) is 11.3 Å². The van der Waals surface area contributed by atoms with Gasteiger partial charge in [0, 0.05) is 12.6 Å². The second kappa shape index (κ2) is 10.5. The van der Waals surface area contributed by atoms with Crippen molar-refractivity contribution in [3.05, 3.63) is 81.6 Å². The molecule has 0 bridgehead atoms. The highest BCUT2D eigenvalue weighted by Crippen LogP contribution is 2.11. The van der Waals surface area contributed by atoms with Crippen LogP contribution in [0.4, 0.5) is 5.82 Å². The van der Waals surface area contributed by atoms with Crippen molar-refractivity contribution in [1.29, 1.82) is 0 Å². The van der Waals surface area contributed by atoms with E-state index in [1.54, 1.807) is 23.6 Å². The third-order valence-corrected chi connectivity index (χ3v) is 5.05. The smallest absolute Gasteiger partial charge is 0.329 e. The van der Waals surface area contributed by atoms with Crippen LogP contribution in [0, 0.1) is 0 Å². The number of carbonyl (C=O) groups excluding carboxylic acids is 3. The van der Waals surface area contributed by atoms with Crippen molar-refractivity contribution in [2.75, 3.05) is 11.9 Å². The number of esters is 1. The van der Waals surface area contributed by atoms with Crippen LogP contribution in [0.15, 0.2) is 66.2 Å². The molecule has 9 heteroatoms. The Morgan fingerprint density at radius 2 is 1.87 bits per heavy atom. The monoisotopic (exact) mass is 443 g/mol. The van der Waals surface area contributed by atoms with Gasteiger partial charge in [-0.2, -0.15) is 0 Å². The topological polar surface area (TPSA) is 97.4 Å². The van der Waals surface area contributed by atoms with Gasteiger partial charge in [0.15, 0.2) is 6.61 Å². The lowest BCUT2D eigenvalue weighted by atomic mass is 10.1. The molecule has 3 rings (SSSR count). The maximum atomic E-state index is 12.6.